The van der Waals surface area contributed by atoms with Crippen molar-refractivity contribution in [3.05, 3.63) is 31.0 Å². The summed E-state index contributed by atoms with van der Waals surface area (Å²) in [6, 6.07) is 0. The summed E-state index contributed by atoms with van der Waals surface area (Å²) in [5, 5.41) is 0. The van der Waals surface area contributed by atoms with Crippen LogP contribution in [0.2, 0.25) is 0 Å². The van der Waals surface area contributed by atoms with Gasteiger partial charge in [-0.3, -0.25) is 9.78 Å². The predicted molar refractivity (Wildman–Crippen MR) is 53.1 cm³/mol. The van der Waals surface area contributed by atoms with Crippen molar-refractivity contribution in [2.75, 3.05) is 0 Å². The van der Waals surface area contributed by atoms with E-state index in [-0.39, 0.29) is 5.56 Å². The van der Waals surface area contributed by atoms with E-state index >= 15 is 0 Å². The van der Waals surface area contributed by atoms with Crippen LogP contribution >= 0.6 is 38.5 Å². The quantitative estimate of drug-likeness (QED) is 0.590. The van der Waals surface area contributed by atoms with E-state index in [1.54, 1.807) is 0 Å². The van der Waals surface area contributed by atoms with Gasteiger partial charge in [-0.05, 0) is 15.9 Å². The molecular weight excluding hydrogens is 327 g/mol. The number of aromatic nitrogens is 2. The maximum atomic E-state index is 10.9. The second-order valence-electron chi connectivity index (χ2n) is 1.83. The van der Waals surface area contributed by atoms with Crippen LogP contribution in [0.15, 0.2) is 14.1 Å². The van der Waals surface area contributed by atoms with Crippen molar-refractivity contribution in [2.45, 2.75) is 4.43 Å². The standard InChI is InChI=1S/C5H4BrIN2O2/c6-3-2(1-7)8-5(11)9-4(3)10/h1H2,(H2,8,9,10,11). The van der Waals surface area contributed by atoms with Crippen LogP contribution in [-0.2, 0) is 4.43 Å². The molecule has 0 aromatic carbocycles. The predicted octanol–water partition coefficient (Wildman–Crippen LogP) is 0.761. The summed E-state index contributed by atoms with van der Waals surface area (Å²) >= 11 is 5.12. The van der Waals surface area contributed by atoms with Crippen LogP contribution in [0, 0.1) is 0 Å². The zero-order valence-corrected chi connectivity index (χ0v) is 9.02. The first-order valence-electron chi connectivity index (χ1n) is 2.72. The number of aromatic amines is 2. The zero-order valence-electron chi connectivity index (χ0n) is 5.28. The molecule has 11 heavy (non-hydrogen) atoms. The van der Waals surface area contributed by atoms with Crippen LogP contribution in [0.5, 0.6) is 0 Å². The third kappa shape index (κ3) is 1.92. The Kier molecular flexibility index (Phi) is 2.88. The fraction of sp³-hybridized carbons (Fsp3) is 0.200. The summed E-state index contributed by atoms with van der Waals surface area (Å²) in [6.45, 7) is 0. The van der Waals surface area contributed by atoms with Crippen LogP contribution in [0.3, 0.4) is 0 Å². The average molecular weight is 331 g/mol. The van der Waals surface area contributed by atoms with E-state index in [0.29, 0.717) is 14.6 Å². The Morgan fingerprint density at radius 3 is 2.55 bits per heavy atom. The highest BCUT2D eigenvalue weighted by Crippen LogP contribution is 2.09. The molecule has 0 aliphatic heterocycles. The van der Waals surface area contributed by atoms with Crippen LogP contribution < -0.4 is 11.2 Å². The van der Waals surface area contributed by atoms with E-state index in [9.17, 15) is 9.59 Å². The molecule has 0 saturated carbocycles. The summed E-state index contributed by atoms with van der Waals surface area (Å²) in [5.41, 5.74) is -0.246. The molecule has 0 atom stereocenters. The van der Waals surface area contributed by atoms with Crippen molar-refractivity contribution >= 4 is 38.5 Å². The van der Waals surface area contributed by atoms with Crippen molar-refractivity contribution in [3.63, 3.8) is 0 Å². The minimum Gasteiger partial charge on any atom is -0.309 e. The lowest BCUT2D eigenvalue weighted by molar-refractivity contribution is 0.976. The molecule has 1 heterocycles. The second-order valence-corrected chi connectivity index (χ2v) is 3.39. The molecule has 0 fully saturated rings. The van der Waals surface area contributed by atoms with Crippen molar-refractivity contribution in [2.24, 2.45) is 0 Å². The fourth-order valence-electron chi connectivity index (χ4n) is 0.610. The minimum absolute atomic E-state index is 0.389. The molecule has 4 nitrogen and oxygen atoms in total. The summed E-state index contributed by atoms with van der Waals surface area (Å²) in [6.07, 6.45) is 0. The number of nitrogens with one attached hydrogen (secondary N) is 2. The summed E-state index contributed by atoms with van der Waals surface area (Å²) in [4.78, 5) is 26.2. The Bertz CT molecular complexity index is 369. The zero-order chi connectivity index (χ0) is 8.43. The molecule has 0 amide bonds. The van der Waals surface area contributed by atoms with E-state index in [1.807, 2.05) is 0 Å². The Hall–Kier alpha value is -0.110. The van der Waals surface area contributed by atoms with Gasteiger partial charge in [-0.1, -0.05) is 22.6 Å². The minimum atomic E-state index is -0.468. The van der Waals surface area contributed by atoms with Gasteiger partial charge in [-0.2, -0.15) is 0 Å². The second kappa shape index (κ2) is 3.53. The van der Waals surface area contributed by atoms with Crippen LogP contribution in [0.4, 0.5) is 0 Å². The molecule has 0 aliphatic carbocycles. The maximum absolute atomic E-state index is 10.9. The largest absolute Gasteiger partial charge is 0.325 e. The summed E-state index contributed by atoms with van der Waals surface area (Å²) < 4.78 is 0.990. The summed E-state index contributed by atoms with van der Waals surface area (Å²) in [7, 11) is 0. The van der Waals surface area contributed by atoms with E-state index in [1.165, 1.54) is 0 Å². The first-order chi connectivity index (χ1) is 5.15. The van der Waals surface area contributed by atoms with Crippen LogP contribution in [0.25, 0.3) is 0 Å². The van der Waals surface area contributed by atoms with Crippen molar-refractivity contribution < 1.29 is 0 Å². The van der Waals surface area contributed by atoms with Crippen molar-refractivity contribution in [1.29, 1.82) is 0 Å². The number of halogens is 2. The molecule has 0 spiro atoms. The Morgan fingerprint density at radius 2 is 2.00 bits per heavy atom. The number of H-pyrrole nitrogens is 2. The van der Waals surface area contributed by atoms with Gasteiger partial charge >= 0.3 is 5.69 Å². The molecule has 60 valence electrons. The SMILES string of the molecule is O=c1[nH]c(CI)c(Br)c(=O)[nH]1. The number of rotatable bonds is 1. The van der Waals surface area contributed by atoms with Gasteiger partial charge < -0.3 is 4.98 Å². The number of hydrogen-bond donors (Lipinski definition) is 2. The number of hydrogen-bond acceptors (Lipinski definition) is 2. The topological polar surface area (TPSA) is 65.7 Å². The fourth-order valence-corrected chi connectivity index (χ4v) is 2.04. The van der Waals surface area contributed by atoms with Crippen LogP contribution in [-0.4, -0.2) is 9.97 Å². The Balaban J connectivity index is 3.49. The van der Waals surface area contributed by atoms with Gasteiger partial charge in [-0.15, -0.1) is 0 Å². The molecule has 2 N–H and O–H groups in total. The molecule has 0 aliphatic rings. The van der Waals surface area contributed by atoms with E-state index in [4.69, 9.17) is 0 Å². The number of alkyl halides is 1. The molecule has 0 radical (unpaired) electrons. The van der Waals surface area contributed by atoms with Gasteiger partial charge in [0.1, 0.15) is 4.47 Å². The van der Waals surface area contributed by atoms with Gasteiger partial charge in [0.15, 0.2) is 0 Å². The molecule has 0 unspecified atom stereocenters. The van der Waals surface area contributed by atoms with Gasteiger partial charge in [0.25, 0.3) is 5.56 Å². The monoisotopic (exact) mass is 330 g/mol. The van der Waals surface area contributed by atoms with Crippen molar-refractivity contribution in [1.82, 2.24) is 9.97 Å². The van der Waals surface area contributed by atoms with Gasteiger partial charge in [0.05, 0.1) is 0 Å². The third-order valence-electron chi connectivity index (χ3n) is 1.09. The van der Waals surface area contributed by atoms with Gasteiger partial charge in [0, 0.05) is 10.1 Å². The highest BCUT2D eigenvalue weighted by molar-refractivity contribution is 14.1. The van der Waals surface area contributed by atoms with Gasteiger partial charge in [-0.25, -0.2) is 4.79 Å². The summed E-state index contributed by atoms with van der Waals surface area (Å²) in [5.74, 6) is 0. The van der Waals surface area contributed by atoms with Crippen LogP contribution in [0.1, 0.15) is 5.69 Å². The maximum Gasteiger partial charge on any atom is 0.325 e. The molecule has 1 rings (SSSR count). The van der Waals surface area contributed by atoms with Gasteiger partial charge in [0.2, 0.25) is 0 Å². The van der Waals surface area contributed by atoms with E-state index in [0.717, 1.165) is 0 Å². The molecular formula is C5H4BrIN2O2. The first-order valence-corrected chi connectivity index (χ1v) is 5.04. The molecule has 6 heteroatoms. The van der Waals surface area contributed by atoms with E-state index < -0.39 is 5.69 Å². The lowest BCUT2D eigenvalue weighted by Crippen LogP contribution is -2.24. The average Bonchev–Trinajstić information content (AvgIpc) is 1.96. The highest BCUT2D eigenvalue weighted by atomic mass is 127. The third-order valence-corrected chi connectivity index (χ3v) is 2.69. The smallest absolute Gasteiger partial charge is 0.309 e. The molecule has 0 saturated heterocycles. The molecule has 1 aromatic rings. The normalized spacial score (nSPS) is 10.0. The lowest BCUT2D eigenvalue weighted by atomic mass is 10.5. The Labute approximate surface area is 83.7 Å². The molecule has 0 bridgehead atoms. The lowest BCUT2D eigenvalue weighted by Gasteiger charge is -1.95. The highest BCUT2D eigenvalue weighted by Gasteiger charge is 2.02. The molecule has 1 aromatic heterocycles. The van der Waals surface area contributed by atoms with E-state index in [2.05, 4.69) is 48.5 Å². The van der Waals surface area contributed by atoms with Crippen molar-refractivity contribution in [3.8, 4) is 0 Å². The first kappa shape index (κ1) is 8.98. The Morgan fingerprint density at radius 1 is 1.36 bits per heavy atom.